The van der Waals surface area contributed by atoms with E-state index in [4.69, 9.17) is 9.15 Å². The van der Waals surface area contributed by atoms with Gasteiger partial charge in [-0.05, 0) is 72.4 Å². The predicted molar refractivity (Wildman–Crippen MR) is 143 cm³/mol. The third-order valence-electron chi connectivity index (χ3n) is 7.87. The lowest BCUT2D eigenvalue weighted by molar-refractivity contribution is -0.136. The van der Waals surface area contributed by atoms with Gasteiger partial charge < -0.3 is 13.7 Å². The average molecular weight is 578 g/mol. The van der Waals surface area contributed by atoms with E-state index < -0.39 is 29.2 Å². The van der Waals surface area contributed by atoms with E-state index in [-0.39, 0.29) is 35.7 Å². The largest absolute Gasteiger partial charge is 0.444 e. The lowest BCUT2D eigenvalue weighted by Crippen LogP contribution is -2.33. The van der Waals surface area contributed by atoms with Crippen molar-refractivity contribution >= 4 is 17.2 Å². The molecule has 1 saturated carbocycles. The van der Waals surface area contributed by atoms with Gasteiger partial charge in [0.25, 0.3) is 0 Å². The van der Waals surface area contributed by atoms with Crippen LogP contribution in [0.2, 0.25) is 0 Å². The van der Waals surface area contributed by atoms with Gasteiger partial charge in [0.15, 0.2) is 11.4 Å². The molecule has 3 aromatic carbocycles. The molecule has 42 heavy (non-hydrogen) atoms. The zero-order valence-corrected chi connectivity index (χ0v) is 22.2. The number of alkyl halides is 3. The lowest BCUT2D eigenvalue weighted by Gasteiger charge is -2.20. The zero-order valence-electron chi connectivity index (χ0n) is 22.2. The number of amides is 1. The van der Waals surface area contributed by atoms with Crippen LogP contribution in [0.4, 0.5) is 22.4 Å². The molecule has 8 nitrogen and oxygen atoms in total. The minimum Gasteiger partial charge on any atom is -0.444 e. The van der Waals surface area contributed by atoms with Crippen molar-refractivity contribution in [3.05, 3.63) is 77.9 Å². The number of halogens is 4. The molecule has 7 rings (SSSR count). The van der Waals surface area contributed by atoms with Crippen LogP contribution >= 0.6 is 0 Å². The number of carbonyl (C=O) groups excluding carboxylic acids is 1. The van der Waals surface area contributed by atoms with Gasteiger partial charge in [0.2, 0.25) is 5.89 Å². The maximum atomic E-state index is 14.2. The third kappa shape index (κ3) is 4.47. The van der Waals surface area contributed by atoms with Gasteiger partial charge in [-0.15, -0.1) is 10.2 Å². The molecule has 1 aliphatic carbocycles. The molecular formula is C30H23F4N5O3. The van der Waals surface area contributed by atoms with Crippen molar-refractivity contribution in [3.8, 4) is 34.0 Å². The van der Waals surface area contributed by atoms with Crippen molar-refractivity contribution in [1.29, 1.82) is 0 Å². The number of fused-ring (bicyclic) bond motifs is 2. The Bertz CT molecular complexity index is 1850. The zero-order chi connectivity index (χ0) is 29.2. The summed E-state index contributed by atoms with van der Waals surface area (Å²) in [7, 11) is 1.74. The van der Waals surface area contributed by atoms with Gasteiger partial charge in [-0.25, -0.2) is 14.2 Å². The average Bonchev–Trinajstić information content (AvgIpc) is 3.74. The van der Waals surface area contributed by atoms with Gasteiger partial charge in [-0.2, -0.15) is 13.2 Å². The smallest absolute Gasteiger partial charge is 0.420 e. The molecule has 0 unspecified atom stereocenters. The fourth-order valence-corrected chi connectivity index (χ4v) is 5.93. The summed E-state index contributed by atoms with van der Waals surface area (Å²) in [6, 6.07) is 13.6. The minimum absolute atomic E-state index is 0.00624. The number of rotatable bonds is 5. The fourth-order valence-electron chi connectivity index (χ4n) is 5.93. The van der Waals surface area contributed by atoms with Crippen molar-refractivity contribution in [3.63, 3.8) is 0 Å². The molecule has 214 valence electrons. The summed E-state index contributed by atoms with van der Waals surface area (Å²) >= 11 is 0. The summed E-state index contributed by atoms with van der Waals surface area (Å²) in [4.78, 5) is 18.4. The molecule has 1 saturated heterocycles. The molecule has 1 aliphatic heterocycles. The number of benzene rings is 3. The van der Waals surface area contributed by atoms with Crippen LogP contribution in [0.3, 0.4) is 0 Å². The highest BCUT2D eigenvalue weighted by molar-refractivity contribution is 5.84. The van der Waals surface area contributed by atoms with E-state index in [1.807, 2.05) is 0 Å². The first-order valence-corrected chi connectivity index (χ1v) is 13.4. The van der Waals surface area contributed by atoms with Crippen LogP contribution in [0.15, 0.2) is 65.3 Å². The predicted octanol–water partition coefficient (Wildman–Crippen LogP) is 6.99. The Morgan fingerprint density at radius 1 is 1.02 bits per heavy atom. The highest BCUT2D eigenvalue weighted by Gasteiger charge is 2.44. The van der Waals surface area contributed by atoms with Gasteiger partial charge in [0.1, 0.15) is 29.3 Å². The number of carbonyl (C=O) groups is 1. The van der Waals surface area contributed by atoms with Crippen LogP contribution in [-0.2, 0) is 24.5 Å². The number of ether oxygens (including phenoxy) is 1. The third-order valence-corrected chi connectivity index (χ3v) is 7.87. The molecule has 2 aromatic heterocycles. The Balaban J connectivity index is 1.29. The minimum atomic E-state index is -4.71. The van der Waals surface area contributed by atoms with Crippen molar-refractivity contribution in [1.82, 2.24) is 24.6 Å². The number of nitrogens with zero attached hydrogens (tertiary/aromatic N) is 5. The summed E-state index contributed by atoms with van der Waals surface area (Å²) in [5.74, 6) is -0.00818. The number of hydrogen-bond donors (Lipinski definition) is 0. The highest BCUT2D eigenvalue weighted by atomic mass is 19.4. The van der Waals surface area contributed by atoms with Crippen molar-refractivity contribution in [2.45, 2.75) is 44.1 Å². The monoisotopic (exact) mass is 577 g/mol. The van der Waals surface area contributed by atoms with Crippen molar-refractivity contribution in [2.24, 2.45) is 7.05 Å². The van der Waals surface area contributed by atoms with E-state index in [2.05, 4.69) is 15.2 Å². The molecule has 0 N–H and O–H groups in total. The van der Waals surface area contributed by atoms with E-state index in [1.54, 1.807) is 41.9 Å². The lowest BCUT2D eigenvalue weighted by atomic mass is 9.97. The Morgan fingerprint density at radius 3 is 2.64 bits per heavy atom. The van der Waals surface area contributed by atoms with E-state index in [0.29, 0.717) is 28.1 Å². The van der Waals surface area contributed by atoms with Crippen LogP contribution in [-0.4, -0.2) is 42.9 Å². The molecule has 0 bridgehead atoms. The Hall–Kier alpha value is -4.74. The molecule has 2 atom stereocenters. The standard InChI is InChI=1S/C30H23F4N5O3/c1-38-15-35-37-27(38)21-13-19(31)8-9-20(21)17-4-2-5-18(12-17)28-36-23-11-16(10-22(26(23)42-28)30(32,33)34)14-39-24-6-3-7-25(24)41-29(39)40/h2,4-5,8-13,15,24-25H,3,6-7,14H2,1H3/t24-,25+/m1/s1. The van der Waals surface area contributed by atoms with Gasteiger partial charge in [-0.1, -0.05) is 18.2 Å². The molecule has 1 amide bonds. The van der Waals surface area contributed by atoms with E-state index in [1.165, 1.54) is 29.4 Å². The Kier molecular flexibility index (Phi) is 6.03. The maximum absolute atomic E-state index is 14.2. The number of aryl methyl sites for hydroxylation is 1. The van der Waals surface area contributed by atoms with Crippen LogP contribution in [0.1, 0.15) is 30.4 Å². The van der Waals surface area contributed by atoms with Gasteiger partial charge >= 0.3 is 12.3 Å². The molecule has 2 fully saturated rings. The molecular weight excluding hydrogens is 554 g/mol. The summed E-state index contributed by atoms with van der Waals surface area (Å²) in [5, 5.41) is 7.98. The normalized spacial score (nSPS) is 18.6. The number of oxazole rings is 1. The molecule has 12 heteroatoms. The van der Waals surface area contributed by atoms with Crippen LogP contribution in [0.25, 0.3) is 45.1 Å². The van der Waals surface area contributed by atoms with Gasteiger partial charge in [-0.3, -0.25) is 4.90 Å². The van der Waals surface area contributed by atoms with Gasteiger partial charge in [0.05, 0.1) is 6.04 Å². The van der Waals surface area contributed by atoms with E-state index in [0.717, 1.165) is 25.3 Å². The number of hydrogen-bond acceptors (Lipinski definition) is 6. The van der Waals surface area contributed by atoms with Crippen molar-refractivity contribution in [2.75, 3.05) is 0 Å². The first-order chi connectivity index (χ1) is 20.2. The SMILES string of the molecule is Cn1cnnc1-c1cc(F)ccc1-c1cccc(-c2nc3cc(CN4C(=O)O[C@H]5CCC[C@H]54)cc(C(F)(F)F)c3o2)c1. The number of aromatic nitrogens is 4. The first-order valence-electron chi connectivity index (χ1n) is 13.4. The summed E-state index contributed by atoms with van der Waals surface area (Å²) in [6.45, 7) is -0.0217. The summed E-state index contributed by atoms with van der Waals surface area (Å²) < 4.78 is 69.7. The van der Waals surface area contributed by atoms with Crippen LogP contribution in [0, 0.1) is 5.82 Å². The second-order valence-corrected chi connectivity index (χ2v) is 10.6. The highest BCUT2D eigenvalue weighted by Crippen LogP contribution is 2.40. The van der Waals surface area contributed by atoms with E-state index in [9.17, 15) is 22.4 Å². The molecule has 0 spiro atoms. The molecule has 0 radical (unpaired) electrons. The second kappa shape index (κ2) is 9.68. The maximum Gasteiger partial charge on any atom is 0.420 e. The van der Waals surface area contributed by atoms with E-state index >= 15 is 0 Å². The summed E-state index contributed by atoms with van der Waals surface area (Å²) in [5.41, 5.74) is 1.18. The van der Waals surface area contributed by atoms with Crippen LogP contribution in [0.5, 0.6) is 0 Å². The fraction of sp³-hybridized carbons (Fsp3) is 0.267. The Labute approximate surface area is 236 Å². The molecule has 3 heterocycles. The summed E-state index contributed by atoms with van der Waals surface area (Å²) in [6.07, 6.45) is -1.54. The second-order valence-electron chi connectivity index (χ2n) is 10.6. The van der Waals surface area contributed by atoms with Gasteiger partial charge in [0, 0.05) is 24.7 Å². The topological polar surface area (TPSA) is 86.3 Å². The van der Waals surface area contributed by atoms with Crippen molar-refractivity contribution < 1.29 is 31.5 Å². The molecule has 5 aromatic rings. The van der Waals surface area contributed by atoms with Crippen LogP contribution < -0.4 is 0 Å². The Morgan fingerprint density at radius 2 is 1.86 bits per heavy atom. The molecule has 2 aliphatic rings. The first kappa shape index (κ1) is 26.2. The quantitative estimate of drug-likeness (QED) is 0.209.